The van der Waals surface area contributed by atoms with Crippen molar-refractivity contribution >= 4 is 0 Å². The Hall–Kier alpha value is -1.01. The van der Waals surface area contributed by atoms with Crippen LogP contribution in [0.5, 0.6) is 0 Å². The Morgan fingerprint density at radius 1 is 1.29 bits per heavy atom. The maximum absolute atomic E-state index is 9.84. The molecule has 0 amide bonds. The molecule has 0 spiro atoms. The summed E-state index contributed by atoms with van der Waals surface area (Å²) < 4.78 is 10.8. The molecule has 1 aromatic heterocycles. The minimum Gasteiger partial charge on any atom is -0.389 e. The summed E-state index contributed by atoms with van der Waals surface area (Å²) in [5.74, 6) is 0. The van der Waals surface area contributed by atoms with Gasteiger partial charge >= 0.3 is 0 Å². The zero-order valence-corrected chi connectivity index (χ0v) is 13.1. The molecule has 5 nitrogen and oxygen atoms in total. The van der Waals surface area contributed by atoms with Crippen LogP contribution in [-0.4, -0.2) is 49.2 Å². The highest BCUT2D eigenvalue weighted by molar-refractivity contribution is 5.12. The summed E-state index contributed by atoms with van der Waals surface area (Å²) in [4.78, 5) is 4.08. The molecule has 0 aliphatic rings. The number of pyridine rings is 1. The maximum Gasteiger partial charge on any atom is 0.0897 e. The third-order valence-electron chi connectivity index (χ3n) is 3.17. The van der Waals surface area contributed by atoms with Gasteiger partial charge in [-0.3, -0.25) is 4.98 Å². The van der Waals surface area contributed by atoms with E-state index in [9.17, 15) is 5.11 Å². The van der Waals surface area contributed by atoms with Gasteiger partial charge in [0.15, 0.2) is 0 Å². The van der Waals surface area contributed by atoms with Gasteiger partial charge in [-0.1, -0.05) is 19.4 Å². The summed E-state index contributed by atoms with van der Waals surface area (Å²) in [5.41, 5.74) is 1.11. The Morgan fingerprint density at radius 3 is 2.81 bits per heavy atom. The number of hydrogen-bond donors (Lipinski definition) is 2. The number of nitrogens with zero attached hydrogens (tertiary/aromatic N) is 1. The Morgan fingerprint density at radius 2 is 2.10 bits per heavy atom. The highest BCUT2D eigenvalue weighted by Crippen LogP contribution is 2.09. The molecule has 2 N–H and O–H groups in total. The summed E-state index contributed by atoms with van der Waals surface area (Å²) in [5, 5.41) is 13.1. The first-order valence-electron chi connectivity index (χ1n) is 7.71. The number of aromatic nitrogens is 1. The predicted octanol–water partition coefficient (Wildman–Crippen LogP) is 1.93. The van der Waals surface area contributed by atoms with Gasteiger partial charge in [-0.25, -0.2) is 0 Å². The van der Waals surface area contributed by atoms with Crippen molar-refractivity contribution in [1.29, 1.82) is 0 Å². The first kappa shape index (κ1) is 18.0. The smallest absolute Gasteiger partial charge is 0.0897 e. The average Bonchev–Trinajstić information content (AvgIpc) is 2.52. The van der Waals surface area contributed by atoms with Crippen LogP contribution in [0.4, 0.5) is 0 Å². The number of hydrogen-bond acceptors (Lipinski definition) is 5. The normalized spacial score (nSPS) is 14.0. The second kappa shape index (κ2) is 11.6. The van der Waals surface area contributed by atoms with E-state index in [1.807, 2.05) is 25.3 Å². The molecule has 5 heteroatoms. The van der Waals surface area contributed by atoms with Crippen molar-refractivity contribution in [3.8, 4) is 0 Å². The Balaban J connectivity index is 2.02. The third-order valence-corrected chi connectivity index (χ3v) is 3.17. The van der Waals surface area contributed by atoms with Gasteiger partial charge in [0, 0.05) is 31.6 Å². The van der Waals surface area contributed by atoms with Gasteiger partial charge in [0.05, 0.1) is 25.9 Å². The molecule has 21 heavy (non-hydrogen) atoms. The van der Waals surface area contributed by atoms with Gasteiger partial charge in [-0.2, -0.15) is 0 Å². The van der Waals surface area contributed by atoms with Crippen molar-refractivity contribution in [2.24, 2.45) is 0 Å². The van der Waals surface area contributed by atoms with Crippen LogP contribution in [0.1, 0.15) is 38.3 Å². The SMILES string of the molecule is CCCCOCCOCC(O)CN[C@H](C)c1cccnc1. The van der Waals surface area contributed by atoms with Crippen LogP contribution in [0.2, 0.25) is 0 Å². The van der Waals surface area contributed by atoms with Gasteiger partial charge in [-0.15, -0.1) is 0 Å². The maximum atomic E-state index is 9.84. The summed E-state index contributed by atoms with van der Waals surface area (Å²) in [6.45, 7) is 6.90. The van der Waals surface area contributed by atoms with E-state index < -0.39 is 6.10 Å². The van der Waals surface area contributed by atoms with Crippen LogP contribution >= 0.6 is 0 Å². The summed E-state index contributed by atoms with van der Waals surface area (Å²) in [6.07, 6.45) is 5.29. The van der Waals surface area contributed by atoms with E-state index in [1.54, 1.807) is 6.20 Å². The fourth-order valence-corrected chi connectivity index (χ4v) is 1.81. The van der Waals surface area contributed by atoms with Crippen molar-refractivity contribution in [3.63, 3.8) is 0 Å². The lowest BCUT2D eigenvalue weighted by Gasteiger charge is -2.17. The second-order valence-corrected chi connectivity index (χ2v) is 5.11. The molecule has 0 saturated carbocycles. The Labute approximate surface area is 127 Å². The number of aliphatic hydroxyl groups is 1. The van der Waals surface area contributed by atoms with Crippen molar-refractivity contribution in [2.45, 2.75) is 38.8 Å². The largest absolute Gasteiger partial charge is 0.389 e. The van der Waals surface area contributed by atoms with Crippen molar-refractivity contribution in [3.05, 3.63) is 30.1 Å². The van der Waals surface area contributed by atoms with E-state index in [4.69, 9.17) is 9.47 Å². The van der Waals surface area contributed by atoms with Gasteiger partial charge in [0.1, 0.15) is 0 Å². The van der Waals surface area contributed by atoms with Gasteiger partial charge in [0.2, 0.25) is 0 Å². The van der Waals surface area contributed by atoms with Crippen LogP contribution in [-0.2, 0) is 9.47 Å². The molecule has 0 saturated heterocycles. The lowest BCUT2D eigenvalue weighted by atomic mass is 10.1. The molecule has 2 atom stereocenters. The van der Waals surface area contributed by atoms with E-state index in [2.05, 4.69) is 17.2 Å². The van der Waals surface area contributed by atoms with Crippen LogP contribution in [0, 0.1) is 0 Å². The van der Waals surface area contributed by atoms with Gasteiger partial charge in [-0.05, 0) is 25.0 Å². The van der Waals surface area contributed by atoms with Crippen molar-refractivity contribution in [2.75, 3.05) is 33.0 Å². The van der Waals surface area contributed by atoms with Gasteiger partial charge in [0.25, 0.3) is 0 Å². The molecule has 1 heterocycles. The molecular weight excluding hydrogens is 268 g/mol. The number of rotatable bonds is 12. The molecule has 0 aliphatic heterocycles. The van der Waals surface area contributed by atoms with Crippen LogP contribution in [0.15, 0.2) is 24.5 Å². The fourth-order valence-electron chi connectivity index (χ4n) is 1.81. The first-order chi connectivity index (χ1) is 10.2. The molecule has 0 bridgehead atoms. The van der Waals surface area contributed by atoms with E-state index in [1.165, 1.54) is 0 Å². The standard InChI is InChI=1S/C16H28N2O3/c1-3-4-8-20-9-10-21-13-16(19)12-18-14(2)15-6-5-7-17-11-15/h5-7,11,14,16,18-19H,3-4,8-10,12-13H2,1-2H3/t14-,16?/m1/s1. The minimum atomic E-state index is -0.514. The zero-order chi connectivity index (χ0) is 15.3. The molecule has 1 unspecified atom stereocenters. The van der Waals surface area contributed by atoms with E-state index in [0.717, 1.165) is 25.0 Å². The quantitative estimate of drug-likeness (QED) is 0.577. The molecule has 1 rings (SSSR count). The fraction of sp³-hybridized carbons (Fsp3) is 0.688. The van der Waals surface area contributed by atoms with Crippen molar-refractivity contribution in [1.82, 2.24) is 10.3 Å². The zero-order valence-electron chi connectivity index (χ0n) is 13.1. The number of aliphatic hydroxyl groups excluding tert-OH is 1. The highest BCUT2D eigenvalue weighted by Gasteiger charge is 2.08. The van der Waals surface area contributed by atoms with Crippen LogP contribution in [0.25, 0.3) is 0 Å². The molecular formula is C16H28N2O3. The average molecular weight is 296 g/mol. The van der Waals surface area contributed by atoms with Crippen LogP contribution in [0.3, 0.4) is 0 Å². The predicted molar refractivity (Wildman–Crippen MR) is 83.2 cm³/mol. The van der Waals surface area contributed by atoms with E-state index in [0.29, 0.717) is 26.4 Å². The summed E-state index contributed by atoms with van der Waals surface area (Å²) in [7, 11) is 0. The number of ether oxygens (including phenoxy) is 2. The number of unbranched alkanes of at least 4 members (excludes halogenated alkanes) is 1. The minimum absolute atomic E-state index is 0.158. The molecule has 1 aromatic rings. The molecule has 0 aliphatic carbocycles. The second-order valence-electron chi connectivity index (χ2n) is 5.11. The Bertz CT molecular complexity index is 349. The van der Waals surface area contributed by atoms with Crippen LogP contribution < -0.4 is 5.32 Å². The monoisotopic (exact) mass is 296 g/mol. The summed E-state index contributed by atoms with van der Waals surface area (Å²) >= 11 is 0. The van der Waals surface area contributed by atoms with Crippen molar-refractivity contribution < 1.29 is 14.6 Å². The number of nitrogens with one attached hydrogen (secondary N) is 1. The molecule has 0 fully saturated rings. The molecule has 0 radical (unpaired) electrons. The topological polar surface area (TPSA) is 63.6 Å². The highest BCUT2D eigenvalue weighted by atomic mass is 16.5. The Kier molecular flexibility index (Phi) is 9.99. The third kappa shape index (κ3) is 8.78. The lowest BCUT2D eigenvalue weighted by molar-refractivity contribution is 0.00331. The first-order valence-corrected chi connectivity index (χ1v) is 7.71. The summed E-state index contributed by atoms with van der Waals surface area (Å²) in [6, 6.07) is 4.08. The molecule has 120 valence electrons. The lowest BCUT2D eigenvalue weighted by Crippen LogP contribution is -2.32. The van der Waals surface area contributed by atoms with E-state index >= 15 is 0 Å². The van der Waals surface area contributed by atoms with Gasteiger partial charge < -0.3 is 19.9 Å². The van der Waals surface area contributed by atoms with E-state index in [-0.39, 0.29) is 6.04 Å². The molecule has 0 aromatic carbocycles.